The van der Waals surface area contributed by atoms with Crippen LogP contribution in [0.15, 0.2) is 42.0 Å². The van der Waals surface area contributed by atoms with Crippen molar-refractivity contribution < 1.29 is 19.5 Å². The van der Waals surface area contributed by atoms with E-state index < -0.39 is 11.3 Å². The van der Waals surface area contributed by atoms with Gasteiger partial charge in [0.15, 0.2) is 5.78 Å². The molecule has 0 aromatic heterocycles. The number of aliphatic hydroxyl groups is 1. The van der Waals surface area contributed by atoms with Crippen molar-refractivity contribution in [2.24, 2.45) is 0 Å². The molecule has 2 N–H and O–H groups in total. The number of allylic oxidation sites excluding steroid dienone is 2. The Morgan fingerprint density at radius 2 is 2.00 bits per heavy atom. The molecule has 2 aromatic rings. The van der Waals surface area contributed by atoms with Gasteiger partial charge >= 0.3 is 0 Å². The van der Waals surface area contributed by atoms with Crippen LogP contribution < -0.4 is 5.48 Å². The number of ketones is 1. The quantitative estimate of drug-likeness (QED) is 0.620. The number of benzene rings is 2. The normalized spacial score (nSPS) is 16.0. The summed E-state index contributed by atoms with van der Waals surface area (Å²) in [5, 5.41) is 18.0. The predicted molar refractivity (Wildman–Crippen MR) is 106 cm³/mol. The van der Waals surface area contributed by atoms with Gasteiger partial charge in [0, 0.05) is 22.1 Å². The molecule has 0 saturated carbocycles. The zero-order valence-electron chi connectivity index (χ0n) is 16.2. The van der Waals surface area contributed by atoms with Gasteiger partial charge in [0.2, 0.25) is 0 Å². The first-order valence-corrected chi connectivity index (χ1v) is 9.37. The molecule has 0 bridgehead atoms. The minimum absolute atomic E-state index is 0.000149. The topological polar surface area (TPSA) is 99.4 Å². The van der Waals surface area contributed by atoms with Gasteiger partial charge in [0.25, 0.3) is 5.91 Å². The van der Waals surface area contributed by atoms with E-state index in [1.165, 1.54) is 0 Å². The molecule has 2 aliphatic carbocycles. The number of hydrogen-bond donors (Lipinski definition) is 2. The highest BCUT2D eigenvalue weighted by atomic mass is 16.7. The third-order valence-corrected chi connectivity index (χ3v) is 5.71. The number of hydroxylamine groups is 1. The van der Waals surface area contributed by atoms with Gasteiger partial charge in [-0.25, -0.2) is 5.48 Å². The zero-order chi connectivity index (χ0) is 20.8. The third kappa shape index (κ3) is 2.96. The van der Waals surface area contributed by atoms with Gasteiger partial charge < -0.3 is 5.11 Å². The fourth-order valence-electron chi connectivity index (χ4n) is 4.21. The monoisotopic (exact) mass is 388 g/mol. The molecule has 0 unspecified atom stereocenters. The van der Waals surface area contributed by atoms with Gasteiger partial charge in [-0.15, -0.1) is 0 Å². The second kappa shape index (κ2) is 6.96. The summed E-state index contributed by atoms with van der Waals surface area (Å²) in [6, 6.07) is 12.6. The standard InChI is InChI=1S/C23H20N2O4/c1-23(2)18-10-14(22(28)25-29-8-7-26)4-6-17(18)21(27)20-16-5-3-13(12-24)9-15(16)11-19(20)23/h3-6,9-10,26H,7-8,11H2,1-2H3,(H,25,28). The highest BCUT2D eigenvalue weighted by Gasteiger charge is 2.43. The molecule has 6 nitrogen and oxygen atoms in total. The van der Waals surface area contributed by atoms with Crippen LogP contribution in [-0.4, -0.2) is 30.0 Å². The number of hydrogen-bond acceptors (Lipinski definition) is 5. The lowest BCUT2D eigenvalue weighted by Gasteiger charge is -2.34. The summed E-state index contributed by atoms with van der Waals surface area (Å²) in [6.45, 7) is 3.90. The van der Waals surface area contributed by atoms with Crippen LogP contribution >= 0.6 is 0 Å². The molecule has 0 spiro atoms. The van der Waals surface area contributed by atoms with Crippen molar-refractivity contribution in [1.29, 1.82) is 5.26 Å². The summed E-state index contributed by atoms with van der Waals surface area (Å²) in [5.74, 6) is -0.487. The first kappa shape index (κ1) is 19.1. The molecule has 2 aromatic carbocycles. The van der Waals surface area contributed by atoms with Crippen molar-refractivity contribution in [3.8, 4) is 6.07 Å². The Labute approximate surface area is 168 Å². The summed E-state index contributed by atoms with van der Waals surface area (Å²) in [7, 11) is 0. The van der Waals surface area contributed by atoms with Crippen LogP contribution in [0, 0.1) is 11.3 Å². The number of Topliss-reactive ketones (excluding diaryl/α,β-unsaturated/α-hetero) is 1. The molecule has 146 valence electrons. The number of amides is 1. The van der Waals surface area contributed by atoms with Gasteiger partial charge in [0.1, 0.15) is 0 Å². The predicted octanol–water partition coefficient (Wildman–Crippen LogP) is 2.70. The minimum Gasteiger partial charge on any atom is -0.394 e. The van der Waals surface area contributed by atoms with E-state index in [9.17, 15) is 14.9 Å². The summed E-state index contributed by atoms with van der Waals surface area (Å²) in [6.07, 6.45) is 0.606. The fourth-order valence-corrected chi connectivity index (χ4v) is 4.21. The Morgan fingerprint density at radius 3 is 2.72 bits per heavy atom. The molecule has 0 atom stereocenters. The number of fused-ring (bicyclic) bond motifs is 3. The highest BCUT2D eigenvalue weighted by molar-refractivity contribution is 6.33. The Kier molecular flexibility index (Phi) is 4.58. The Morgan fingerprint density at radius 1 is 1.24 bits per heavy atom. The average Bonchev–Trinajstić information content (AvgIpc) is 3.12. The van der Waals surface area contributed by atoms with E-state index in [0.717, 1.165) is 22.3 Å². The van der Waals surface area contributed by atoms with E-state index in [-0.39, 0.29) is 19.0 Å². The van der Waals surface area contributed by atoms with Crippen molar-refractivity contribution in [2.45, 2.75) is 25.7 Å². The molecular formula is C23H20N2O4. The first-order valence-electron chi connectivity index (χ1n) is 9.37. The Hall–Kier alpha value is -3.27. The van der Waals surface area contributed by atoms with Crippen LogP contribution in [0.25, 0.3) is 5.57 Å². The first-order chi connectivity index (χ1) is 13.9. The second-order valence-electron chi connectivity index (χ2n) is 7.73. The van der Waals surface area contributed by atoms with E-state index in [1.54, 1.807) is 24.3 Å². The molecule has 6 heteroatoms. The molecule has 0 heterocycles. The molecule has 0 aliphatic heterocycles. The van der Waals surface area contributed by atoms with Crippen molar-refractivity contribution in [1.82, 2.24) is 5.48 Å². The van der Waals surface area contributed by atoms with E-state index >= 15 is 0 Å². The van der Waals surface area contributed by atoms with Crippen LogP contribution in [0.2, 0.25) is 0 Å². The van der Waals surface area contributed by atoms with Crippen LogP contribution in [0.3, 0.4) is 0 Å². The zero-order valence-corrected chi connectivity index (χ0v) is 16.2. The molecule has 29 heavy (non-hydrogen) atoms. The van der Waals surface area contributed by atoms with E-state index in [1.807, 2.05) is 12.1 Å². The highest BCUT2D eigenvalue weighted by Crippen LogP contribution is 2.49. The molecule has 2 aliphatic rings. The van der Waals surface area contributed by atoms with Gasteiger partial charge in [-0.3, -0.25) is 14.4 Å². The smallest absolute Gasteiger partial charge is 0.274 e. The maximum absolute atomic E-state index is 13.3. The van der Waals surface area contributed by atoms with E-state index in [2.05, 4.69) is 25.4 Å². The lowest BCUT2D eigenvalue weighted by molar-refractivity contribution is 0.0168. The Bertz CT molecular complexity index is 1120. The number of rotatable bonds is 4. The molecule has 0 radical (unpaired) electrons. The minimum atomic E-state index is -0.452. The van der Waals surface area contributed by atoms with Crippen molar-refractivity contribution in [3.05, 3.63) is 75.4 Å². The van der Waals surface area contributed by atoms with Crippen LogP contribution in [0.1, 0.15) is 56.8 Å². The lowest BCUT2D eigenvalue weighted by Crippen LogP contribution is -2.31. The number of nitrogens with one attached hydrogen (secondary N) is 1. The van der Waals surface area contributed by atoms with Gasteiger partial charge in [-0.2, -0.15) is 5.26 Å². The number of nitriles is 1. The molecular weight excluding hydrogens is 368 g/mol. The van der Waals surface area contributed by atoms with Crippen molar-refractivity contribution >= 4 is 17.3 Å². The molecule has 4 rings (SSSR count). The number of carbonyl (C=O) groups excluding carboxylic acids is 2. The SMILES string of the molecule is CC1(C)C2=C(C(=O)c3ccc(C(=O)NOCCO)cc31)c1ccc(C#N)cc1C2. The van der Waals surface area contributed by atoms with Crippen molar-refractivity contribution in [3.63, 3.8) is 0 Å². The van der Waals surface area contributed by atoms with E-state index in [0.29, 0.717) is 28.7 Å². The molecule has 1 amide bonds. The fraction of sp³-hybridized carbons (Fsp3) is 0.261. The number of nitrogens with zero attached hydrogens (tertiary/aromatic N) is 1. The molecule has 0 saturated heterocycles. The average molecular weight is 388 g/mol. The largest absolute Gasteiger partial charge is 0.394 e. The van der Waals surface area contributed by atoms with Gasteiger partial charge in [-0.05, 0) is 59.0 Å². The van der Waals surface area contributed by atoms with Crippen molar-refractivity contribution in [2.75, 3.05) is 13.2 Å². The summed E-state index contributed by atoms with van der Waals surface area (Å²) in [5.41, 5.74) is 7.78. The Balaban J connectivity index is 1.75. The maximum atomic E-state index is 13.3. The molecule has 0 fully saturated rings. The third-order valence-electron chi connectivity index (χ3n) is 5.71. The second-order valence-corrected chi connectivity index (χ2v) is 7.73. The van der Waals surface area contributed by atoms with E-state index in [4.69, 9.17) is 9.94 Å². The van der Waals surface area contributed by atoms with Crippen LogP contribution in [0.4, 0.5) is 0 Å². The number of carbonyl (C=O) groups is 2. The number of aliphatic hydroxyl groups excluding tert-OH is 1. The lowest BCUT2D eigenvalue weighted by atomic mass is 9.68. The van der Waals surface area contributed by atoms with Crippen LogP contribution in [-0.2, 0) is 16.7 Å². The van der Waals surface area contributed by atoms with Crippen LogP contribution in [0.5, 0.6) is 0 Å². The summed E-state index contributed by atoms with van der Waals surface area (Å²) < 4.78 is 0. The summed E-state index contributed by atoms with van der Waals surface area (Å²) in [4.78, 5) is 30.5. The van der Waals surface area contributed by atoms with Gasteiger partial charge in [-0.1, -0.05) is 19.9 Å². The van der Waals surface area contributed by atoms with Gasteiger partial charge in [0.05, 0.1) is 24.8 Å². The summed E-state index contributed by atoms with van der Waals surface area (Å²) >= 11 is 0. The maximum Gasteiger partial charge on any atom is 0.274 e.